The van der Waals surface area contributed by atoms with Gasteiger partial charge in [0, 0.05) is 19.2 Å². The normalized spacial score (nSPS) is 19.1. The Morgan fingerprint density at radius 2 is 2.31 bits per heavy atom. The fourth-order valence-corrected chi connectivity index (χ4v) is 2.41. The average molecular weight is 223 g/mol. The Bertz CT molecular complexity index is 318. The molecule has 1 saturated carbocycles. The topological polar surface area (TPSA) is 50.1 Å². The van der Waals surface area contributed by atoms with Gasteiger partial charge in [-0.1, -0.05) is 12.8 Å². The van der Waals surface area contributed by atoms with E-state index in [0.29, 0.717) is 19.0 Å². The molecule has 4 heteroatoms. The number of nitrogens with one attached hydrogen (secondary N) is 1. The summed E-state index contributed by atoms with van der Waals surface area (Å²) in [7, 11) is 1.85. The summed E-state index contributed by atoms with van der Waals surface area (Å²) < 4.78 is 2.08. The van der Waals surface area contributed by atoms with Crippen LogP contribution in [0.1, 0.15) is 37.4 Å². The molecule has 1 aliphatic rings. The molecule has 1 atom stereocenters. The smallest absolute Gasteiger partial charge is 0.0720 e. The van der Waals surface area contributed by atoms with E-state index in [-0.39, 0.29) is 6.10 Å². The van der Waals surface area contributed by atoms with E-state index >= 15 is 0 Å². The summed E-state index contributed by atoms with van der Waals surface area (Å²) >= 11 is 0. The van der Waals surface area contributed by atoms with E-state index in [1.54, 1.807) is 0 Å². The zero-order chi connectivity index (χ0) is 11.4. The van der Waals surface area contributed by atoms with E-state index in [4.69, 9.17) is 0 Å². The van der Waals surface area contributed by atoms with Crippen LogP contribution in [0.2, 0.25) is 0 Å². The number of hydrogen-bond donors (Lipinski definition) is 2. The number of aromatic nitrogens is 2. The molecule has 0 spiro atoms. The Hall–Kier alpha value is -0.870. The summed E-state index contributed by atoms with van der Waals surface area (Å²) in [6, 6.07) is 2.62. The van der Waals surface area contributed by atoms with Crippen LogP contribution in [-0.2, 0) is 6.42 Å². The maximum absolute atomic E-state index is 9.67. The van der Waals surface area contributed by atoms with Gasteiger partial charge in [0.1, 0.15) is 0 Å². The fourth-order valence-electron chi connectivity index (χ4n) is 2.41. The molecule has 0 aromatic carbocycles. The first kappa shape index (κ1) is 11.6. The monoisotopic (exact) mass is 223 g/mol. The average Bonchev–Trinajstić information content (AvgIpc) is 2.86. The van der Waals surface area contributed by atoms with E-state index in [1.165, 1.54) is 25.7 Å². The van der Waals surface area contributed by atoms with Gasteiger partial charge in [0.15, 0.2) is 0 Å². The van der Waals surface area contributed by atoms with Crippen molar-refractivity contribution < 1.29 is 5.11 Å². The maximum Gasteiger partial charge on any atom is 0.0720 e. The molecule has 1 unspecified atom stereocenters. The number of aliphatic hydroxyl groups is 1. The molecule has 2 N–H and O–H groups in total. The van der Waals surface area contributed by atoms with Gasteiger partial charge in [0.2, 0.25) is 0 Å². The minimum atomic E-state index is -0.336. The number of likely N-dealkylation sites (N-methyl/N-ethyl adjacent to an activating group) is 1. The van der Waals surface area contributed by atoms with Crippen molar-refractivity contribution in [1.82, 2.24) is 15.1 Å². The molecule has 0 bridgehead atoms. The van der Waals surface area contributed by atoms with Crippen molar-refractivity contribution in [3.05, 3.63) is 18.0 Å². The standard InChI is InChI=1S/C12H21N3O/c1-13-9-12(16)8-10-6-7-15(14-10)11-4-2-3-5-11/h6-7,11-13,16H,2-5,8-9H2,1H3. The summed E-state index contributed by atoms with van der Waals surface area (Å²) in [6.07, 6.45) is 7.50. The highest BCUT2D eigenvalue weighted by atomic mass is 16.3. The van der Waals surface area contributed by atoms with Crippen LogP contribution in [0.3, 0.4) is 0 Å². The molecular formula is C12H21N3O. The first-order valence-electron chi connectivity index (χ1n) is 6.16. The summed E-state index contributed by atoms with van der Waals surface area (Å²) in [4.78, 5) is 0. The predicted molar refractivity (Wildman–Crippen MR) is 63.4 cm³/mol. The maximum atomic E-state index is 9.67. The van der Waals surface area contributed by atoms with Gasteiger partial charge in [-0.3, -0.25) is 4.68 Å². The summed E-state index contributed by atoms with van der Waals surface area (Å²) in [5, 5.41) is 17.2. The second-order valence-corrected chi connectivity index (χ2v) is 4.64. The Kier molecular flexibility index (Phi) is 3.96. The highest BCUT2D eigenvalue weighted by Gasteiger charge is 2.17. The summed E-state index contributed by atoms with van der Waals surface area (Å²) in [5.41, 5.74) is 0.995. The second-order valence-electron chi connectivity index (χ2n) is 4.64. The number of hydrogen-bond acceptors (Lipinski definition) is 3. The third-order valence-electron chi connectivity index (χ3n) is 3.25. The lowest BCUT2D eigenvalue weighted by atomic mass is 10.2. The molecule has 2 rings (SSSR count). The Labute approximate surface area is 96.7 Å². The van der Waals surface area contributed by atoms with Crippen molar-refractivity contribution in [3.8, 4) is 0 Å². The van der Waals surface area contributed by atoms with E-state index in [9.17, 15) is 5.11 Å². The number of nitrogens with zero attached hydrogens (tertiary/aromatic N) is 2. The van der Waals surface area contributed by atoms with Gasteiger partial charge >= 0.3 is 0 Å². The van der Waals surface area contributed by atoms with Crippen molar-refractivity contribution in [1.29, 1.82) is 0 Å². The zero-order valence-corrected chi connectivity index (χ0v) is 9.89. The second kappa shape index (κ2) is 5.46. The van der Waals surface area contributed by atoms with Gasteiger partial charge in [-0.2, -0.15) is 5.10 Å². The van der Waals surface area contributed by atoms with Crippen LogP contribution in [-0.4, -0.2) is 34.6 Å². The first-order chi connectivity index (χ1) is 7.79. The molecule has 0 saturated heterocycles. The van der Waals surface area contributed by atoms with Crippen LogP contribution in [0.5, 0.6) is 0 Å². The van der Waals surface area contributed by atoms with Gasteiger partial charge in [0.25, 0.3) is 0 Å². The number of aliphatic hydroxyl groups excluding tert-OH is 1. The van der Waals surface area contributed by atoms with Gasteiger partial charge in [0.05, 0.1) is 17.8 Å². The largest absolute Gasteiger partial charge is 0.391 e. The zero-order valence-electron chi connectivity index (χ0n) is 9.89. The van der Waals surface area contributed by atoms with Crippen molar-refractivity contribution in [2.75, 3.05) is 13.6 Å². The predicted octanol–water partition coefficient (Wildman–Crippen LogP) is 1.12. The van der Waals surface area contributed by atoms with Crippen LogP contribution in [0.4, 0.5) is 0 Å². The van der Waals surface area contributed by atoms with Crippen molar-refractivity contribution in [2.45, 2.75) is 44.2 Å². The Morgan fingerprint density at radius 3 is 3.00 bits per heavy atom. The van der Waals surface area contributed by atoms with Crippen LogP contribution in [0.25, 0.3) is 0 Å². The summed E-state index contributed by atoms with van der Waals surface area (Å²) in [6.45, 7) is 0.621. The Morgan fingerprint density at radius 1 is 1.56 bits per heavy atom. The van der Waals surface area contributed by atoms with Gasteiger partial charge in [-0.05, 0) is 26.0 Å². The summed E-state index contributed by atoms with van der Waals surface area (Å²) in [5.74, 6) is 0. The molecule has 90 valence electrons. The molecule has 1 aliphatic carbocycles. The van der Waals surface area contributed by atoms with Crippen LogP contribution in [0.15, 0.2) is 12.3 Å². The lowest BCUT2D eigenvalue weighted by Crippen LogP contribution is -2.25. The van der Waals surface area contributed by atoms with Crippen molar-refractivity contribution in [2.24, 2.45) is 0 Å². The van der Waals surface area contributed by atoms with Gasteiger partial charge < -0.3 is 10.4 Å². The SMILES string of the molecule is CNCC(O)Cc1ccn(C2CCCC2)n1. The van der Waals surface area contributed by atoms with Gasteiger partial charge in [-0.15, -0.1) is 0 Å². The Balaban J connectivity index is 1.91. The third kappa shape index (κ3) is 2.83. The highest BCUT2D eigenvalue weighted by molar-refractivity contribution is 5.02. The molecule has 16 heavy (non-hydrogen) atoms. The van der Waals surface area contributed by atoms with Crippen LogP contribution >= 0.6 is 0 Å². The van der Waals surface area contributed by atoms with E-state index in [1.807, 2.05) is 13.1 Å². The van der Waals surface area contributed by atoms with Crippen LogP contribution < -0.4 is 5.32 Å². The molecule has 0 amide bonds. The fraction of sp³-hybridized carbons (Fsp3) is 0.750. The molecule has 0 aliphatic heterocycles. The quantitative estimate of drug-likeness (QED) is 0.786. The van der Waals surface area contributed by atoms with E-state index in [2.05, 4.69) is 21.3 Å². The molecule has 1 aromatic rings. The third-order valence-corrected chi connectivity index (χ3v) is 3.25. The van der Waals surface area contributed by atoms with Crippen molar-refractivity contribution in [3.63, 3.8) is 0 Å². The van der Waals surface area contributed by atoms with Gasteiger partial charge in [-0.25, -0.2) is 0 Å². The van der Waals surface area contributed by atoms with E-state index in [0.717, 1.165) is 5.69 Å². The minimum Gasteiger partial charge on any atom is -0.391 e. The van der Waals surface area contributed by atoms with Crippen LogP contribution in [0, 0.1) is 0 Å². The highest BCUT2D eigenvalue weighted by Crippen LogP contribution is 2.28. The number of rotatable bonds is 5. The minimum absolute atomic E-state index is 0.336. The van der Waals surface area contributed by atoms with E-state index < -0.39 is 0 Å². The molecule has 0 radical (unpaired) electrons. The van der Waals surface area contributed by atoms with Crippen molar-refractivity contribution >= 4 is 0 Å². The molecular weight excluding hydrogens is 202 g/mol. The molecule has 4 nitrogen and oxygen atoms in total. The first-order valence-corrected chi connectivity index (χ1v) is 6.16. The molecule has 1 aromatic heterocycles. The lowest BCUT2D eigenvalue weighted by Gasteiger charge is -2.10. The lowest BCUT2D eigenvalue weighted by molar-refractivity contribution is 0.173. The molecule has 1 heterocycles. The molecule has 1 fully saturated rings.